The average Bonchev–Trinajstić information content (AvgIpc) is 3.16. The highest BCUT2D eigenvalue weighted by molar-refractivity contribution is 6.35. The van der Waals surface area contributed by atoms with Crippen molar-refractivity contribution in [2.24, 2.45) is 0 Å². The van der Waals surface area contributed by atoms with Gasteiger partial charge in [-0.15, -0.1) is 0 Å². The number of carbonyl (C=O) groups excluding carboxylic acids is 2. The van der Waals surface area contributed by atoms with Gasteiger partial charge in [-0.2, -0.15) is 0 Å². The summed E-state index contributed by atoms with van der Waals surface area (Å²) >= 11 is 6.33. The largest absolute Gasteiger partial charge is 0.424 e. The molecule has 0 unspecified atom stereocenters. The van der Waals surface area contributed by atoms with E-state index in [9.17, 15) is 18.4 Å². The van der Waals surface area contributed by atoms with Gasteiger partial charge in [-0.3, -0.25) is 4.79 Å². The van der Waals surface area contributed by atoms with Gasteiger partial charge in [-0.1, -0.05) is 23.7 Å². The van der Waals surface area contributed by atoms with Crippen molar-refractivity contribution in [1.29, 1.82) is 0 Å². The van der Waals surface area contributed by atoms with Gasteiger partial charge in [0.15, 0.2) is 5.58 Å². The highest BCUT2D eigenvalue weighted by Crippen LogP contribution is 2.35. The van der Waals surface area contributed by atoms with E-state index in [4.69, 9.17) is 20.8 Å². The van der Waals surface area contributed by atoms with Crippen molar-refractivity contribution in [1.82, 2.24) is 10.2 Å². The number of amides is 2. The maximum Gasteiger partial charge on any atom is 0.414 e. The molecular weight excluding hydrogens is 430 g/mol. The van der Waals surface area contributed by atoms with E-state index in [0.717, 1.165) is 11.1 Å². The predicted octanol–water partition coefficient (Wildman–Crippen LogP) is 5.34. The Morgan fingerprint density at radius 3 is 2.42 bits per heavy atom. The monoisotopic (exact) mass is 448 g/mol. The van der Waals surface area contributed by atoms with Crippen LogP contribution < -0.4 is 10.1 Å². The van der Waals surface area contributed by atoms with Gasteiger partial charge in [-0.05, 0) is 35.4 Å². The maximum atomic E-state index is 13.3. The molecule has 9 heteroatoms. The number of hydrogen-bond donors (Lipinski definition) is 1. The van der Waals surface area contributed by atoms with Gasteiger partial charge in [0, 0.05) is 50.0 Å². The van der Waals surface area contributed by atoms with Crippen LogP contribution in [0.5, 0.6) is 5.95 Å². The first-order valence-corrected chi connectivity index (χ1v) is 10.0. The number of fused-ring (bicyclic) bond motifs is 1. The summed E-state index contributed by atoms with van der Waals surface area (Å²) in [4.78, 5) is 25.4. The summed E-state index contributed by atoms with van der Waals surface area (Å²) in [6.07, 6.45) is -1.29. The average molecular weight is 449 g/mol. The van der Waals surface area contributed by atoms with E-state index in [1.54, 1.807) is 36.4 Å². The number of alkyl halides is 2. The Labute approximate surface area is 181 Å². The van der Waals surface area contributed by atoms with Gasteiger partial charge in [0.2, 0.25) is 0 Å². The molecule has 1 aromatic heterocycles. The first-order valence-electron chi connectivity index (χ1n) is 9.66. The summed E-state index contributed by atoms with van der Waals surface area (Å²) in [5.41, 5.74) is 2.41. The van der Waals surface area contributed by atoms with Gasteiger partial charge in [-0.25, -0.2) is 13.6 Å². The predicted molar refractivity (Wildman–Crippen MR) is 112 cm³/mol. The minimum atomic E-state index is -2.70. The topological polar surface area (TPSA) is 71.8 Å². The third-order valence-corrected chi connectivity index (χ3v) is 5.47. The molecule has 2 heterocycles. The van der Waals surface area contributed by atoms with E-state index in [-0.39, 0.29) is 37.8 Å². The molecule has 1 saturated heterocycles. The van der Waals surface area contributed by atoms with E-state index in [2.05, 4.69) is 5.32 Å². The quantitative estimate of drug-likeness (QED) is 0.587. The molecule has 162 valence electrons. The number of hydrogen-bond acceptors (Lipinski definition) is 4. The van der Waals surface area contributed by atoms with Gasteiger partial charge in [0.05, 0.1) is 5.02 Å². The van der Waals surface area contributed by atoms with Crippen LogP contribution in [-0.2, 0) is 0 Å². The number of halogens is 3. The van der Waals surface area contributed by atoms with Crippen molar-refractivity contribution < 1.29 is 27.5 Å². The van der Waals surface area contributed by atoms with Gasteiger partial charge >= 0.3 is 6.09 Å². The lowest BCUT2D eigenvalue weighted by Gasteiger charge is -2.31. The molecule has 2 aromatic carbocycles. The lowest BCUT2D eigenvalue weighted by molar-refractivity contribution is -0.0494. The Hall–Kier alpha value is -3.13. The zero-order valence-corrected chi connectivity index (χ0v) is 17.3. The van der Waals surface area contributed by atoms with Gasteiger partial charge < -0.3 is 19.4 Å². The number of nitrogens with zero attached hydrogens (tertiary/aromatic N) is 1. The molecule has 1 aliphatic rings. The van der Waals surface area contributed by atoms with Gasteiger partial charge in [0.25, 0.3) is 17.8 Å². The third kappa shape index (κ3) is 4.49. The van der Waals surface area contributed by atoms with Crippen molar-refractivity contribution in [3.63, 3.8) is 0 Å². The third-order valence-electron chi connectivity index (χ3n) is 5.19. The summed E-state index contributed by atoms with van der Waals surface area (Å²) in [5.74, 6) is -2.94. The lowest BCUT2D eigenvalue weighted by Crippen LogP contribution is -2.42. The highest BCUT2D eigenvalue weighted by atomic mass is 35.5. The number of furan rings is 1. The minimum Gasteiger partial charge on any atom is -0.424 e. The number of likely N-dealkylation sites (tertiary alicyclic amines) is 1. The van der Waals surface area contributed by atoms with Crippen molar-refractivity contribution in [3.8, 4) is 17.1 Å². The highest BCUT2D eigenvalue weighted by Gasteiger charge is 2.35. The molecule has 0 bridgehead atoms. The molecule has 3 aromatic rings. The fraction of sp³-hybridized carbons (Fsp3) is 0.273. The molecule has 0 spiro atoms. The van der Waals surface area contributed by atoms with E-state index in [1.807, 2.05) is 6.07 Å². The van der Waals surface area contributed by atoms with Crippen LogP contribution in [0.4, 0.5) is 13.6 Å². The molecule has 1 N–H and O–H groups in total. The van der Waals surface area contributed by atoms with Crippen LogP contribution >= 0.6 is 11.6 Å². The van der Waals surface area contributed by atoms with E-state index in [0.29, 0.717) is 21.6 Å². The number of carbonyl (C=O) groups is 2. The number of benzene rings is 2. The Morgan fingerprint density at radius 2 is 1.77 bits per heavy atom. The Kier molecular flexibility index (Phi) is 5.58. The number of piperidine rings is 1. The number of ether oxygens (including phenoxy) is 1. The summed E-state index contributed by atoms with van der Waals surface area (Å²) < 4.78 is 37.1. The van der Waals surface area contributed by atoms with Gasteiger partial charge in [0.1, 0.15) is 0 Å². The molecule has 4 rings (SSSR count). The Bertz CT molecular complexity index is 1130. The lowest BCUT2D eigenvalue weighted by atomic mass is 10.0. The molecule has 1 aliphatic heterocycles. The summed E-state index contributed by atoms with van der Waals surface area (Å²) in [6, 6.07) is 12.0. The molecule has 0 saturated carbocycles. The van der Waals surface area contributed by atoms with Crippen LogP contribution in [0.15, 0.2) is 46.9 Å². The summed E-state index contributed by atoms with van der Waals surface area (Å²) in [7, 11) is 1.44. The van der Waals surface area contributed by atoms with Crippen LogP contribution in [0.3, 0.4) is 0 Å². The molecule has 0 aliphatic carbocycles. The first-order chi connectivity index (χ1) is 14.8. The maximum absolute atomic E-state index is 13.3. The Balaban J connectivity index is 1.54. The second-order valence-electron chi connectivity index (χ2n) is 7.31. The smallest absolute Gasteiger partial charge is 0.414 e. The number of rotatable bonds is 3. The summed E-state index contributed by atoms with van der Waals surface area (Å²) in [6.45, 7) is 0.0849. The van der Waals surface area contributed by atoms with E-state index >= 15 is 0 Å². The molecule has 2 amide bonds. The second-order valence-corrected chi connectivity index (χ2v) is 7.71. The minimum absolute atomic E-state index is 0.0152. The normalized spacial score (nSPS) is 15.7. The fourth-order valence-electron chi connectivity index (χ4n) is 3.47. The standard InChI is InChI=1S/C22H19ClF2N2O4/c1-26-21(29)31-18-12-16-10-15(11-17(23)19(16)30-18)13-2-4-14(5-3-13)20(28)27-8-6-22(24,25)7-9-27/h2-5,10-12H,6-9H2,1H3,(H,26,29). The number of nitrogens with one attached hydrogen (secondary N) is 1. The molecular formula is C22H19ClF2N2O4. The van der Waals surface area contributed by atoms with Crippen molar-refractivity contribution in [2.45, 2.75) is 18.8 Å². The Morgan fingerprint density at radius 1 is 1.10 bits per heavy atom. The SMILES string of the molecule is CNC(=O)Oc1cc2cc(-c3ccc(C(=O)N4CCC(F)(F)CC4)cc3)cc(Cl)c2o1. The zero-order chi connectivity index (χ0) is 22.2. The second kappa shape index (κ2) is 8.19. The first kappa shape index (κ1) is 21.1. The van der Waals surface area contributed by atoms with Crippen molar-refractivity contribution in [2.75, 3.05) is 20.1 Å². The van der Waals surface area contributed by atoms with Crippen LogP contribution in [0.25, 0.3) is 22.1 Å². The van der Waals surface area contributed by atoms with Crippen LogP contribution in [0.2, 0.25) is 5.02 Å². The molecule has 0 atom stereocenters. The van der Waals surface area contributed by atoms with Crippen LogP contribution in [0, 0.1) is 0 Å². The fourth-order valence-corrected chi connectivity index (χ4v) is 3.74. The van der Waals surface area contributed by atoms with Crippen molar-refractivity contribution >= 4 is 34.6 Å². The zero-order valence-electron chi connectivity index (χ0n) is 16.6. The van der Waals surface area contributed by atoms with Crippen LogP contribution in [0.1, 0.15) is 23.2 Å². The molecule has 1 fully saturated rings. The van der Waals surface area contributed by atoms with E-state index < -0.39 is 12.0 Å². The van der Waals surface area contributed by atoms with Crippen LogP contribution in [-0.4, -0.2) is 43.0 Å². The molecule has 31 heavy (non-hydrogen) atoms. The molecule has 0 radical (unpaired) electrons. The van der Waals surface area contributed by atoms with Crippen molar-refractivity contribution in [3.05, 3.63) is 53.1 Å². The summed E-state index contributed by atoms with van der Waals surface area (Å²) in [5, 5.41) is 3.32. The molecule has 6 nitrogen and oxygen atoms in total. The van der Waals surface area contributed by atoms with E-state index in [1.165, 1.54) is 11.9 Å².